The lowest BCUT2D eigenvalue weighted by atomic mass is 9.88. The van der Waals surface area contributed by atoms with Crippen LogP contribution in [-0.2, 0) is 10.0 Å². The van der Waals surface area contributed by atoms with Crippen LogP contribution in [0.5, 0.6) is 0 Å². The molecule has 1 saturated carbocycles. The van der Waals surface area contributed by atoms with Gasteiger partial charge in [0.2, 0.25) is 10.0 Å². The zero-order valence-electron chi connectivity index (χ0n) is 16.7. The lowest BCUT2D eigenvalue weighted by molar-refractivity contribution is 0.0547. The van der Waals surface area contributed by atoms with Crippen molar-refractivity contribution in [3.05, 3.63) is 65.5 Å². The number of nitrogens with one attached hydrogen (secondary N) is 1. The number of rotatable bonds is 4. The van der Waals surface area contributed by atoms with E-state index < -0.39 is 22.2 Å². The molecular formula is C23H24N2O3S2. The molecule has 2 heterocycles. The zero-order valence-corrected chi connectivity index (χ0v) is 18.3. The van der Waals surface area contributed by atoms with Crippen LogP contribution in [0.2, 0.25) is 0 Å². The molecule has 1 fully saturated rings. The van der Waals surface area contributed by atoms with E-state index in [0.29, 0.717) is 6.42 Å². The highest BCUT2D eigenvalue weighted by Gasteiger charge is 2.37. The van der Waals surface area contributed by atoms with Gasteiger partial charge in [0.05, 0.1) is 38.8 Å². The fourth-order valence-corrected chi connectivity index (χ4v) is 6.81. The molecule has 156 valence electrons. The summed E-state index contributed by atoms with van der Waals surface area (Å²) in [6.45, 7) is 1.92. The van der Waals surface area contributed by atoms with E-state index in [2.05, 4.69) is 32.9 Å². The summed E-state index contributed by atoms with van der Waals surface area (Å²) in [4.78, 5) is 0.231. The predicted molar refractivity (Wildman–Crippen MR) is 122 cm³/mol. The molecule has 0 bridgehead atoms. The van der Waals surface area contributed by atoms with Crippen molar-refractivity contribution in [1.82, 2.24) is 9.29 Å². The Morgan fingerprint density at radius 2 is 1.80 bits per heavy atom. The fraction of sp³-hybridized carbons (Fsp3) is 0.304. The maximum absolute atomic E-state index is 12.9. The molecule has 5 nitrogen and oxygen atoms in total. The van der Waals surface area contributed by atoms with Crippen molar-refractivity contribution < 1.29 is 13.5 Å². The third kappa shape index (κ3) is 3.26. The number of benzene rings is 2. The molecule has 2 aromatic heterocycles. The molecule has 2 aromatic carbocycles. The van der Waals surface area contributed by atoms with Crippen LogP contribution >= 0.6 is 11.3 Å². The van der Waals surface area contributed by atoms with Gasteiger partial charge in [0, 0.05) is 5.39 Å². The van der Waals surface area contributed by atoms with Crippen LogP contribution in [0.1, 0.15) is 30.9 Å². The van der Waals surface area contributed by atoms with E-state index in [0.717, 1.165) is 29.4 Å². The predicted octanol–water partition coefficient (Wildman–Crippen LogP) is 4.60. The van der Waals surface area contributed by atoms with Crippen molar-refractivity contribution in [3.8, 4) is 0 Å². The van der Waals surface area contributed by atoms with Crippen molar-refractivity contribution in [2.24, 2.45) is 0 Å². The highest BCUT2D eigenvalue weighted by Crippen LogP contribution is 2.40. The molecule has 0 spiro atoms. The molecule has 0 amide bonds. The maximum Gasteiger partial charge on any atom is 0.240 e. The Labute approximate surface area is 180 Å². The van der Waals surface area contributed by atoms with E-state index in [1.54, 1.807) is 35.6 Å². The van der Waals surface area contributed by atoms with E-state index in [9.17, 15) is 13.5 Å². The number of hydrogen-bond donors (Lipinski definition) is 2. The van der Waals surface area contributed by atoms with Crippen LogP contribution < -0.4 is 4.72 Å². The number of aliphatic hydroxyl groups excluding tert-OH is 1. The molecule has 5 rings (SSSR count). The van der Waals surface area contributed by atoms with Gasteiger partial charge in [-0.3, -0.25) is 0 Å². The van der Waals surface area contributed by atoms with Crippen LogP contribution in [0, 0.1) is 6.92 Å². The molecule has 4 aromatic rings. The smallest absolute Gasteiger partial charge is 0.240 e. The zero-order chi connectivity index (χ0) is 20.9. The summed E-state index contributed by atoms with van der Waals surface area (Å²) in [6, 6.07) is 16.4. The highest BCUT2D eigenvalue weighted by molar-refractivity contribution is 7.89. The second-order valence-corrected chi connectivity index (χ2v) is 10.7. The van der Waals surface area contributed by atoms with Crippen molar-refractivity contribution in [1.29, 1.82) is 0 Å². The van der Waals surface area contributed by atoms with Crippen LogP contribution in [0.15, 0.2) is 64.9 Å². The van der Waals surface area contributed by atoms with Gasteiger partial charge in [-0.25, -0.2) is 13.1 Å². The SMILES string of the molecule is Cc1ccc(S(=O)(=O)N[C@H]2CCCC(n3c4ccccc4c4sccc43)[C@@H]2O)cc1. The minimum Gasteiger partial charge on any atom is -0.389 e. The number of fused-ring (bicyclic) bond motifs is 3. The summed E-state index contributed by atoms with van der Waals surface area (Å²) in [5.74, 6) is 0. The fourth-order valence-electron chi connectivity index (χ4n) is 4.61. The van der Waals surface area contributed by atoms with Crippen LogP contribution in [0.4, 0.5) is 0 Å². The minimum atomic E-state index is -3.69. The number of thiophene rings is 1. The number of aliphatic hydroxyl groups is 1. The lowest BCUT2D eigenvalue weighted by Crippen LogP contribution is -2.49. The van der Waals surface area contributed by atoms with Crippen molar-refractivity contribution in [2.45, 2.75) is 49.3 Å². The first-order chi connectivity index (χ1) is 14.5. The quantitative estimate of drug-likeness (QED) is 0.487. The first-order valence-electron chi connectivity index (χ1n) is 10.2. The molecule has 3 atom stereocenters. The van der Waals surface area contributed by atoms with Gasteiger partial charge in [-0.1, -0.05) is 35.9 Å². The first-order valence-corrected chi connectivity index (χ1v) is 12.6. The average Bonchev–Trinajstić information content (AvgIpc) is 3.31. The normalized spacial score (nSPS) is 22.7. The second kappa shape index (κ2) is 7.50. The Morgan fingerprint density at radius 3 is 2.60 bits per heavy atom. The third-order valence-electron chi connectivity index (χ3n) is 6.10. The van der Waals surface area contributed by atoms with Crippen LogP contribution in [0.3, 0.4) is 0 Å². The Balaban J connectivity index is 1.49. The Kier molecular flexibility index (Phi) is 4.94. The molecular weight excluding hydrogens is 416 g/mol. The Bertz CT molecular complexity index is 1310. The van der Waals surface area contributed by atoms with Gasteiger partial charge in [0.1, 0.15) is 0 Å². The first kappa shape index (κ1) is 19.8. The van der Waals surface area contributed by atoms with Gasteiger partial charge >= 0.3 is 0 Å². The molecule has 0 radical (unpaired) electrons. The molecule has 0 saturated heterocycles. The molecule has 7 heteroatoms. The van der Waals surface area contributed by atoms with Gasteiger partial charge in [-0.15, -0.1) is 11.3 Å². The molecule has 1 aliphatic carbocycles. The number of sulfonamides is 1. The van der Waals surface area contributed by atoms with E-state index in [-0.39, 0.29) is 10.9 Å². The summed E-state index contributed by atoms with van der Waals surface area (Å²) < 4.78 is 32.0. The summed E-state index contributed by atoms with van der Waals surface area (Å²) in [6.07, 6.45) is 1.47. The summed E-state index contributed by atoms with van der Waals surface area (Å²) >= 11 is 1.70. The van der Waals surface area contributed by atoms with E-state index >= 15 is 0 Å². The summed E-state index contributed by atoms with van der Waals surface area (Å²) in [7, 11) is -3.69. The monoisotopic (exact) mass is 440 g/mol. The summed E-state index contributed by atoms with van der Waals surface area (Å²) in [5.41, 5.74) is 3.20. The molecule has 2 N–H and O–H groups in total. The number of aromatic nitrogens is 1. The van der Waals surface area contributed by atoms with Gasteiger partial charge in [0.15, 0.2) is 0 Å². The average molecular weight is 441 g/mol. The van der Waals surface area contributed by atoms with Crippen molar-refractivity contribution in [2.75, 3.05) is 0 Å². The van der Waals surface area contributed by atoms with E-state index in [1.807, 2.05) is 19.1 Å². The minimum absolute atomic E-state index is 0.179. The number of nitrogens with zero attached hydrogens (tertiary/aromatic N) is 1. The topological polar surface area (TPSA) is 71.3 Å². The largest absolute Gasteiger partial charge is 0.389 e. The van der Waals surface area contributed by atoms with Crippen molar-refractivity contribution >= 4 is 42.5 Å². The molecule has 30 heavy (non-hydrogen) atoms. The molecule has 1 aliphatic rings. The second-order valence-electron chi connectivity index (χ2n) is 8.05. The van der Waals surface area contributed by atoms with Crippen LogP contribution in [-0.4, -0.2) is 30.2 Å². The van der Waals surface area contributed by atoms with Gasteiger partial charge in [-0.2, -0.15) is 0 Å². The summed E-state index contributed by atoms with van der Waals surface area (Å²) in [5, 5.41) is 14.5. The van der Waals surface area contributed by atoms with Crippen molar-refractivity contribution in [3.63, 3.8) is 0 Å². The van der Waals surface area contributed by atoms with E-state index in [4.69, 9.17) is 0 Å². The number of aryl methyl sites for hydroxylation is 1. The standard InChI is InChI=1S/C23H24N2O3S2/c1-15-9-11-16(12-10-15)30(27,28)24-18-6-4-8-20(22(18)26)25-19-7-3-2-5-17(19)23-21(25)13-14-29-23/h2-3,5,7,9-14,18,20,22,24,26H,4,6,8H2,1H3/t18-,20?,22+/m0/s1. The van der Waals surface area contributed by atoms with Crippen LogP contribution in [0.25, 0.3) is 21.1 Å². The number of hydrogen-bond acceptors (Lipinski definition) is 4. The van der Waals surface area contributed by atoms with Gasteiger partial charge in [0.25, 0.3) is 0 Å². The molecule has 1 unspecified atom stereocenters. The third-order valence-corrected chi connectivity index (χ3v) is 8.55. The van der Waals surface area contributed by atoms with E-state index in [1.165, 1.54) is 10.1 Å². The van der Waals surface area contributed by atoms with Gasteiger partial charge in [-0.05, 0) is 55.8 Å². The number of para-hydroxylation sites is 1. The Hall–Kier alpha value is -2.19. The Morgan fingerprint density at radius 1 is 1.03 bits per heavy atom. The maximum atomic E-state index is 12.9. The highest BCUT2D eigenvalue weighted by atomic mass is 32.2. The molecule has 0 aliphatic heterocycles. The lowest BCUT2D eigenvalue weighted by Gasteiger charge is -2.36. The van der Waals surface area contributed by atoms with Gasteiger partial charge < -0.3 is 9.67 Å².